The smallest absolute Gasteiger partial charge is 0.0635 e. The molecule has 0 aliphatic rings. The van der Waals surface area contributed by atoms with Crippen molar-refractivity contribution >= 4 is 0 Å². The summed E-state index contributed by atoms with van der Waals surface area (Å²) in [6.45, 7) is 2.14. The zero-order valence-electron chi connectivity index (χ0n) is 8.16. The predicted octanol–water partition coefficient (Wildman–Crippen LogP) is 1.15. The van der Waals surface area contributed by atoms with E-state index in [2.05, 4.69) is 23.5 Å². The summed E-state index contributed by atoms with van der Waals surface area (Å²) in [4.78, 5) is 0. The fraction of sp³-hybridized carbons (Fsp3) is 0.364. The standard InChI is InChI=1S/C11H15N3/c12-6-1-7-14-9-11-4-2-10(8-13)3-5-11/h2-5,14H,1,7-9,13H2. The van der Waals surface area contributed by atoms with Crippen LogP contribution in [0.4, 0.5) is 0 Å². The molecule has 0 aliphatic carbocycles. The Hall–Kier alpha value is -1.37. The van der Waals surface area contributed by atoms with Gasteiger partial charge in [0.1, 0.15) is 0 Å². The molecule has 14 heavy (non-hydrogen) atoms. The van der Waals surface area contributed by atoms with Crippen LogP contribution in [0.15, 0.2) is 24.3 Å². The summed E-state index contributed by atoms with van der Waals surface area (Å²) >= 11 is 0. The summed E-state index contributed by atoms with van der Waals surface area (Å²) in [6.07, 6.45) is 0.556. The number of nitrogens with two attached hydrogens (primary N) is 1. The molecular formula is C11H15N3. The van der Waals surface area contributed by atoms with E-state index < -0.39 is 0 Å². The van der Waals surface area contributed by atoms with Crippen molar-refractivity contribution in [2.75, 3.05) is 6.54 Å². The lowest BCUT2D eigenvalue weighted by atomic mass is 10.1. The monoisotopic (exact) mass is 189 g/mol. The fourth-order valence-electron chi connectivity index (χ4n) is 1.17. The van der Waals surface area contributed by atoms with Crippen molar-refractivity contribution in [3.63, 3.8) is 0 Å². The first kappa shape index (κ1) is 10.7. The summed E-state index contributed by atoms with van der Waals surface area (Å²) in [7, 11) is 0. The van der Waals surface area contributed by atoms with Gasteiger partial charge in [0.2, 0.25) is 0 Å². The second kappa shape index (κ2) is 6.14. The van der Waals surface area contributed by atoms with Crippen LogP contribution in [0.25, 0.3) is 0 Å². The van der Waals surface area contributed by atoms with E-state index in [0.717, 1.165) is 18.7 Å². The molecule has 1 rings (SSSR count). The highest BCUT2D eigenvalue weighted by molar-refractivity contribution is 5.22. The molecule has 0 spiro atoms. The molecule has 0 aromatic heterocycles. The van der Waals surface area contributed by atoms with Crippen LogP contribution in [-0.2, 0) is 13.1 Å². The van der Waals surface area contributed by atoms with E-state index in [9.17, 15) is 0 Å². The van der Waals surface area contributed by atoms with Crippen LogP contribution < -0.4 is 11.1 Å². The molecule has 0 radical (unpaired) electrons. The Morgan fingerprint density at radius 2 is 1.86 bits per heavy atom. The van der Waals surface area contributed by atoms with Crippen molar-refractivity contribution in [2.45, 2.75) is 19.5 Å². The van der Waals surface area contributed by atoms with Crippen molar-refractivity contribution < 1.29 is 0 Å². The highest BCUT2D eigenvalue weighted by Gasteiger charge is 1.92. The molecule has 0 unspecified atom stereocenters. The van der Waals surface area contributed by atoms with Gasteiger partial charge in [0.15, 0.2) is 0 Å². The maximum Gasteiger partial charge on any atom is 0.0635 e. The Morgan fingerprint density at radius 1 is 1.21 bits per heavy atom. The van der Waals surface area contributed by atoms with Crippen LogP contribution >= 0.6 is 0 Å². The van der Waals surface area contributed by atoms with Gasteiger partial charge in [-0.05, 0) is 11.1 Å². The van der Waals surface area contributed by atoms with Gasteiger partial charge in [0.25, 0.3) is 0 Å². The van der Waals surface area contributed by atoms with E-state index in [0.29, 0.717) is 13.0 Å². The van der Waals surface area contributed by atoms with Crippen molar-refractivity contribution in [3.8, 4) is 6.07 Å². The topological polar surface area (TPSA) is 61.8 Å². The number of nitrogens with one attached hydrogen (secondary N) is 1. The molecule has 1 aromatic rings. The average Bonchev–Trinajstić information content (AvgIpc) is 2.25. The van der Waals surface area contributed by atoms with Gasteiger partial charge in [-0.2, -0.15) is 5.26 Å². The van der Waals surface area contributed by atoms with Crippen LogP contribution in [0.2, 0.25) is 0 Å². The third-order valence-corrected chi connectivity index (χ3v) is 2.00. The average molecular weight is 189 g/mol. The first-order chi connectivity index (χ1) is 6.86. The first-order valence-electron chi connectivity index (χ1n) is 4.72. The number of nitrogens with zero attached hydrogens (tertiary/aromatic N) is 1. The number of nitriles is 1. The normalized spacial score (nSPS) is 9.71. The Morgan fingerprint density at radius 3 is 2.43 bits per heavy atom. The van der Waals surface area contributed by atoms with Crippen LogP contribution in [-0.4, -0.2) is 6.54 Å². The molecule has 0 atom stereocenters. The second-order valence-electron chi connectivity index (χ2n) is 3.11. The van der Waals surface area contributed by atoms with Crippen LogP contribution in [0.3, 0.4) is 0 Å². The molecule has 0 bridgehead atoms. The number of rotatable bonds is 5. The Labute approximate surface area is 84.5 Å². The zero-order chi connectivity index (χ0) is 10.2. The Bertz CT molecular complexity index is 297. The van der Waals surface area contributed by atoms with Crippen molar-refractivity contribution in [1.29, 1.82) is 5.26 Å². The lowest BCUT2D eigenvalue weighted by Crippen LogP contribution is -2.14. The molecule has 0 amide bonds. The highest BCUT2D eigenvalue weighted by atomic mass is 14.8. The van der Waals surface area contributed by atoms with E-state index in [1.165, 1.54) is 5.56 Å². The number of benzene rings is 1. The Balaban J connectivity index is 2.33. The molecule has 3 nitrogen and oxygen atoms in total. The summed E-state index contributed by atoms with van der Waals surface area (Å²) < 4.78 is 0. The van der Waals surface area contributed by atoms with Gasteiger partial charge >= 0.3 is 0 Å². The highest BCUT2D eigenvalue weighted by Crippen LogP contribution is 2.02. The van der Waals surface area contributed by atoms with Gasteiger partial charge in [-0.1, -0.05) is 24.3 Å². The molecule has 0 saturated carbocycles. The summed E-state index contributed by atoms with van der Waals surface area (Å²) in [5, 5.41) is 11.5. The van der Waals surface area contributed by atoms with E-state index in [1.54, 1.807) is 0 Å². The predicted molar refractivity (Wildman–Crippen MR) is 56.3 cm³/mol. The van der Waals surface area contributed by atoms with E-state index in [1.807, 2.05) is 12.1 Å². The van der Waals surface area contributed by atoms with Crippen molar-refractivity contribution in [3.05, 3.63) is 35.4 Å². The van der Waals surface area contributed by atoms with Gasteiger partial charge in [0, 0.05) is 26.1 Å². The SMILES string of the molecule is N#CCCNCc1ccc(CN)cc1. The van der Waals surface area contributed by atoms with Gasteiger partial charge < -0.3 is 11.1 Å². The zero-order valence-corrected chi connectivity index (χ0v) is 8.16. The molecule has 0 fully saturated rings. The quantitative estimate of drug-likeness (QED) is 0.683. The minimum Gasteiger partial charge on any atom is -0.326 e. The van der Waals surface area contributed by atoms with Crippen LogP contribution in [0.5, 0.6) is 0 Å². The third kappa shape index (κ3) is 3.56. The number of hydrogen-bond donors (Lipinski definition) is 2. The molecule has 1 aromatic carbocycles. The third-order valence-electron chi connectivity index (χ3n) is 2.00. The minimum absolute atomic E-state index is 0.556. The molecule has 74 valence electrons. The van der Waals surface area contributed by atoms with E-state index in [-0.39, 0.29) is 0 Å². The maximum atomic E-state index is 8.33. The van der Waals surface area contributed by atoms with Gasteiger partial charge in [0.05, 0.1) is 6.07 Å². The molecule has 0 heterocycles. The maximum absolute atomic E-state index is 8.33. The van der Waals surface area contributed by atoms with E-state index >= 15 is 0 Å². The summed E-state index contributed by atoms with van der Waals surface area (Å²) in [6, 6.07) is 10.3. The molecule has 0 aliphatic heterocycles. The van der Waals surface area contributed by atoms with Gasteiger partial charge in [-0.25, -0.2) is 0 Å². The van der Waals surface area contributed by atoms with Crippen LogP contribution in [0.1, 0.15) is 17.5 Å². The Kier molecular flexibility index (Phi) is 4.70. The molecular weight excluding hydrogens is 174 g/mol. The summed E-state index contributed by atoms with van der Waals surface area (Å²) in [5.74, 6) is 0. The number of hydrogen-bond acceptors (Lipinski definition) is 3. The van der Waals surface area contributed by atoms with Crippen LogP contribution in [0, 0.1) is 11.3 Å². The lowest BCUT2D eigenvalue weighted by Gasteiger charge is -2.03. The van der Waals surface area contributed by atoms with E-state index in [4.69, 9.17) is 11.0 Å². The molecule has 0 saturated heterocycles. The first-order valence-corrected chi connectivity index (χ1v) is 4.72. The summed E-state index contributed by atoms with van der Waals surface area (Å²) in [5.41, 5.74) is 7.85. The fourth-order valence-corrected chi connectivity index (χ4v) is 1.17. The van der Waals surface area contributed by atoms with Gasteiger partial charge in [-0.15, -0.1) is 0 Å². The molecule has 3 heteroatoms. The van der Waals surface area contributed by atoms with Crippen molar-refractivity contribution in [1.82, 2.24) is 5.32 Å². The second-order valence-corrected chi connectivity index (χ2v) is 3.11. The molecule has 3 N–H and O–H groups in total. The van der Waals surface area contributed by atoms with Gasteiger partial charge in [-0.3, -0.25) is 0 Å². The van der Waals surface area contributed by atoms with Crippen molar-refractivity contribution in [2.24, 2.45) is 5.73 Å². The largest absolute Gasteiger partial charge is 0.326 e. The lowest BCUT2D eigenvalue weighted by molar-refractivity contribution is 0.699. The minimum atomic E-state index is 0.556.